The quantitative estimate of drug-likeness (QED) is 0.777. The van der Waals surface area contributed by atoms with Gasteiger partial charge in [-0.1, -0.05) is 19.4 Å². The average Bonchev–Trinajstić information content (AvgIpc) is 2.44. The van der Waals surface area contributed by atoms with Crippen LogP contribution in [0.2, 0.25) is 0 Å². The molecule has 0 aromatic heterocycles. The lowest BCUT2D eigenvalue weighted by molar-refractivity contribution is 0.429. The van der Waals surface area contributed by atoms with Crippen LogP contribution in [0, 0.1) is 0 Å². The van der Waals surface area contributed by atoms with Crippen molar-refractivity contribution in [1.82, 2.24) is 9.03 Å². The molecule has 1 aromatic rings. The normalized spacial score (nSPS) is 17.9. The molecule has 1 atom stereocenters. The molecule has 7 heteroatoms. The molecular formula is C15H26ClN3O2S. The average molecular weight is 348 g/mol. The van der Waals surface area contributed by atoms with Crippen molar-refractivity contribution in [2.75, 3.05) is 19.3 Å². The maximum atomic E-state index is 12.4. The molecule has 1 aromatic carbocycles. The summed E-state index contributed by atoms with van der Waals surface area (Å²) in [6.07, 6.45) is 4.62. The van der Waals surface area contributed by atoms with Crippen molar-refractivity contribution >= 4 is 28.3 Å². The van der Waals surface area contributed by atoms with E-state index in [1.165, 1.54) is 4.31 Å². The lowest BCUT2D eigenvalue weighted by Gasteiger charge is -2.28. The Morgan fingerprint density at radius 3 is 2.82 bits per heavy atom. The van der Waals surface area contributed by atoms with Crippen molar-refractivity contribution in [3.05, 3.63) is 29.3 Å². The number of nitrogens with one attached hydrogen (secondary N) is 1. The van der Waals surface area contributed by atoms with Gasteiger partial charge < -0.3 is 5.73 Å². The Bertz CT molecular complexity index is 592. The summed E-state index contributed by atoms with van der Waals surface area (Å²) in [5, 5.41) is 0. The molecule has 0 saturated heterocycles. The monoisotopic (exact) mass is 347 g/mol. The first-order chi connectivity index (χ1) is 9.94. The van der Waals surface area contributed by atoms with E-state index in [1.54, 1.807) is 7.05 Å². The molecule has 0 amide bonds. The molecule has 0 fully saturated rings. The van der Waals surface area contributed by atoms with Crippen LogP contribution in [0.25, 0.3) is 0 Å². The Labute approximate surface area is 139 Å². The number of hydrogen-bond donors (Lipinski definition) is 2. The van der Waals surface area contributed by atoms with E-state index in [4.69, 9.17) is 5.73 Å². The maximum Gasteiger partial charge on any atom is 0.279 e. The molecule has 0 heterocycles. The number of benzene rings is 1. The van der Waals surface area contributed by atoms with Crippen LogP contribution in [0.4, 0.5) is 5.69 Å². The summed E-state index contributed by atoms with van der Waals surface area (Å²) in [4.78, 5) is 0. The van der Waals surface area contributed by atoms with E-state index in [-0.39, 0.29) is 18.4 Å². The molecule has 0 radical (unpaired) electrons. The number of nitrogens with two attached hydrogens (primary N) is 1. The Kier molecular flexibility index (Phi) is 7.12. The lowest BCUT2D eigenvalue weighted by atomic mass is 9.88. The van der Waals surface area contributed by atoms with E-state index in [2.05, 4.69) is 11.6 Å². The third-order valence-corrected chi connectivity index (χ3v) is 5.60. The Morgan fingerprint density at radius 2 is 2.14 bits per heavy atom. The molecule has 0 bridgehead atoms. The fourth-order valence-electron chi connectivity index (χ4n) is 2.73. The van der Waals surface area contributed by atoms with Gasteiger partial charge in [-0.05, 0) is 48.9 Å². The highest BCUT2D eigenvalue weighted by molar-refractivity contribution is 7.87. The SMILES string of the molecule is CCCCN(C)S(=O)(=O)NC1CCCc2cc(N)ccc21.Cl. The maximum absolute atomic E-state index is 12.4. The highest BCUT2D eigenvalue weighted by atomic mass is 35.5. The van der Waals surface area contributed by atoms with E-state index in [1.807, 2.05) is 18.2 Å². The molecule has 3 N–H and O–H groups in total. The number of aryl methyl sites for hydroxylation is 1. The van der Waals surface area contributed by atoms with Gasteiger partial charge in [0.25, 0.3) is 10.2 Å². The number of anilines is 1. The highest BCUT2D eigenvalue weighted by Crippen LogP contribution is 2.31. The predicted octanol–water partition coefficient (Wildman–Crippen LogP) is 2.63. The fourth-order valence-corrected chi connectivity index (χ4v) is 3.88. The third-order valence-electron chi connectivity index (χ3n) is 4.01. The zero-order valence-electron chi connectivity index (χ0n) is 13.2. The van der Waals surface area contributed by atoms with Gasteiger partial charge in [-0.25, -0.2) is 0 Å². The van der Waals surface area contributed by atoms with Crippen molar-refractivity contribution in [2.24, 2.45) is 0 Å². The van der Waals surface area contributed by atoms with Gasteiger partial charge in [0.15, 0.2) is 0 Å². The van der Waals surface area contributed by atoms with Crippen molar-refractivity contribution in [2.45, 2.75) is 45.1 Å². The summed E-state index contributed by atoms with van der Waals surface area (Å²) in [5.41, 5.74) is 8.76. The van der Waals surface area contributed by atoms with Gasteiger partial charge in [-0.3, -0.25) is 0 Å². The second-order valence-corrected chi connectivity index (χ2v) is 7.51. The molecule has 1 aliphatic rings. The van der Waals surface area contributed by atoms with E-state index in [0.29, 0.717) is 6.54 Å². The van der Waals surface area contributed by atoms with Crippen molar-refractivity contribution in [3.63, 3.8) is 0 Å². The second kappa shape index (κ2) is 8.15. The van der Waals surface area contributed by atoms with Gasteiger partial charge in [0.1, 0.15) is 0 Å². The van der Waals surface area contributed by atoms with E-state index in [0.717, 1.165) is 48.9 Å². The Balaban J connectivity index is 0.00000242. The van der Waals surface area contributed by atoms with Crippen LogP contribution in [0.1, 0.15) is 49.8 Å². The predicted molar refractivity (Wildman–Crippen MR) is 93.4 cm³/mol. The van der Waals surface area contributed by atoms with Crippen LogP contribution in [0.15, 0.2) is 18.2 Å². The number of hydrogen-bond acceptors (Lipinski definition) is 3. The van der Waals surface area contributed by atoms with Crippen molar-refractivity contribution in [1.29, 1.82) is 0 Å². The van der Waals surface area contributed by atoms with Gasteiger partial charge in [0.05, 0.1) is 0 Å². The fraction of sp³-hybridized carbons (Fsp3) is 0.600. The summed E-state index contributed by atoms with van der Waals surface area (Å²) in [6, 6.07) is 5.59. The number of rotatable bonds is 6. The van der Waals surface area contributed by atoms with E-state index in [9.17, 15) is 8.42 Å². The van der Waals surface area contributed by atoms with Gasteiger partial charge in [-0.2, -0.15) is 17.4 Å². The van der Waals surface area contributed by atoms with Crippen LogP contribution >= 0.6 is 12.4 Å². The van der Waals surface area contributed by atoms with Crippen LogP contribution in [-0.4, -0.2) is 26.3 Å². The van der Waals surface area contributed by atoms with E-state index < -0.39 is 10.2 Å². The van der Waals surface area contributed by atoms with Crippen LogP contribution in [0.3, 0.4) is 0 Å². The Hall–Kier alpha value is -0.820. The van der Waals surface area contributed by atoms with Gasteiger partial charge in [0, 0.05) is 25.3 Å². The number of unbranched alkanes of at least 4 members (excludes halogenated alkanes) is 1. The molecule has 0 spiro atoms. The number of fused-ring (bicyclic) bond motifs is 1. The number of halogens is 1. The molecule has 5 nitrogen and oxygen atoms in total. The highest BCUT2D eigenvalue weighted by Gasteiger charge is 2.26. The zero-order chi connectivity index (χ0) is 15.5. The molecular weight excluding hydrogens is 322 g/mol. The number of nitrogen functional groups attached to an aromatic ring is 1. The van der Waals surface area contributed by atoms with E-state index >= 15 is 0 Å². The molecule has 0 saturated carbocycles. The minimum absolute atomic E-state index is 0. The van der Waals surface area contributed by atoms with Crippen LogP contribution in [0.5, 0.6) is 0 Å². The summed E-state index contributed by atoms with van der Waals surface area (Å²) in [7, 11) is -1.80. The molecule has 1 unspecified atom stereocenters. The summed E-state index contributed by atoms with van der Waals surface area (Å²) < 4.78 is 29.0. The van der Waals surface area contributed by atoms with Crippen molar-refractivity contribution in [3.8, 4) is 0 Å². The lowest BCUT2D eigenvalue weighted by Crippen LogP contribution is -2.41. The summed E-state index contributed by atoms with van der Waals surface area (Å²) >= 11 is 0. The largest absolute Gasteiger partial charge is 0.399 e. The number of nitrogens with zero attached hydrogens (tertiary/aromatic N) is 1. The second-order valence-electron chi connectivity index (χ2n) is 5.70. The minimum Gasteiger partial charge on any atom is -0.399 e. The molecule has 22 heavy (non-hydrogen) atoms. The van der Waals surface area contributed by atoms with Crippen molar-refractivity contribution < 1.29 is 8.42 Å². The van der Waals surface area contributed by atoms with Gasteiger partial charge in [-0.15, -0.1) is 12.4 Å². The minimum atomic E-state index is -3.43. The third kappa shape index (κ3) is 4.59. The first kappa shape index (κ1) is 19.2. The summed E-state index contributed by atoms with van der Waals surface area (Å²) in [5.74, 6) is 0. The van der Waals surface area contributed by atoms with Gasteiger partial charge >= 0.3 is 0 Å². The smallest absolute Gasteiger partial charge is 0.279 e. The molecule has 0 aliphatic heterocycles. The standard InChI is InChI=1S/C15H25N3O2S.ClH/c1-3-4-10-18(2)21(19,20)17-15-7-5-6-12-11-13(16)8-9-14(12)15;/h8-9,11,15,17H,3-7,10,16H2,1-2H3;1H. The van der Waals surface area contributed by atoms with Crippen LogP contribution < -0.4 is 10.5 Å². The first-order valence-corrected chi connectivity index (χ1v) is 9.00. The van der Waals surface area contributed by atoms with Crippen LogP contribution in [-0.2, 0) is 16.6 Å². The first-order valence-electron chi connectivity index (χ1n) is 7.56. The molecule has 2 rings (SSSR count). The zero-order valence-corrected chi connectivity index (χ0v) is 14.8. The molecule has 1 aliphatic carbocycles. The summed E-state index contributed by atoms with van der Waals surface area (Å²) in [6.45, 7) is 2.60. The topological polar surface area (TPSA) is 75.4 Å². The Morgan fingerprint density at radius 1 is 1.41 bits per heavy atom. The molecule has 126 valence electrons. The van der Waals surface area contributed by atoms with Gasteiger partial charge in [0.2, 0.25) is 0 Å².